The van der Waals surface area contributed by atoms with Gasteiger partial charge in [-0.1, -0.05) is 28.1 Å². The average molecular weight is 360 g/mol. The zero-order valence-corrected chi connectivity index (χ0v) is 13.5. The number of amides is 1. The van der Waals surface area contributed by atoms with Gasteiger partial charge in [0.05, 0.1) is 18.1 Å². The van der Waals surface area contributed by atoms with Gasteiger partial charge in [0.1, 0.15) is 5.75 Å². The van der Waals surface area contributed by atoms with Crippen LogP contribution in [0.25, 0.3) is 11.0 Å². The number of carbonyl (C=O) groups is 1. The predicted molar refractivity (Wildman–Crippen MR) is 88.0 cm³/mol. The molecule has 1 aromatic heterocycles. The van der Waals surface area contributed by atoms with Crippen LogP contribution in [-0.2, 0) is 6.54 Å². The molecule has 112 valence electrons. The Morgan fingerprint density at radius 1 is 1.32 bits per heavy atom. The van der Waals surface area contributed by atoms with Crippen LogP contribution in [0.2, 0.25) is 0 Å². The summed E-state index contributed by atoms with van der Waals surface area (Å²) in [6.07, 6.45) is 0. The topological polar surface area (TPSA) is 67.0 Å². The number of fused-ring (bicyclic) bond motifs is 1. The lowest BCUT2D eigenvalue weighted by Gasteiger charge is -2.03. The number of aromatic amines is 1. The quantitative estimate of drug-likeness (QED) is 0.751. The van der Waals surface area contributed by atoms with E-state index in [-0.39, 0.29) is 5.91 Å². The van der Waals surface area contributed by atoms with Crippen LogP contribution in [0.5, 0.6) is 5.75 Å². The number of imidazole rings is 1. The molecule has 1 amide bonds. The van der Waals surface area contributed by atoms with E-state index in [4.69, 9.17) is 4.74 Å². The number of rotatable bonds is 4. The maximum Gasteiger partial charge on any atom is 0.287 e. The fourth-order valence-corrected chi connectivity index (χ4v) is 2.58. The highest BCUT2D eigenvalue weighted by molar-refractivity contribution is 9.10. The Morgan fingerprint density at radius 3 is 2.95 bits per heavy atom. The number of nitrogens with zero attached hydrogens (tertiary/aromatic N) is 1. The number of carbonyl (C=O) groups excluding carboxylic acids is 1. The van der Waals surface area contributed by atoms with Crippen molar-refractivity contribution in [2.75, 3.05) is 7.11 Å². The molecule has 0 radical (unpaired) electrons. The first-order valence-electron chi connectivity index (χ1n) is 6.72. The molecule has 0 aliphatic carbocycles. The van der Waals surface area contributed by atoms with E-state index in [1.807, 2.05) is 36.4 Å². The summed E-state index contributed by atoms with van der Waals surface area (Å²) in [6.45, 7) is 0.443. The van der Waals surface area contributed by atoms with Crippen molar-refractivity contribution in [1.29, 1.82) is 0 Å². The molecule has 22 heavy (non-hydrogen) atoms. The molecule has 0 aliphatic heterocycles. The van der Waals surface area contributed by atoms with E-state index in [0.29, 0.717) is 23.6 Å². The Bertz CT molecular complexity index is 829. The summed E-state index contributed by atoms with van der Waals surface area (Å²) in [4.78, 5) is 19.5. The van der Waals surface area contributed by atoms with Gasteiger partial charge in [-0.15, -0.1) is 0 Å². The zero-order chi connectivity index (χ0) is 15.5. The zero-order valence-electron chi connectivity index (χ0n) is 11.9. The number of H-pyrrole nitrogens is 1. The molecule has 0 aliphatic rings. The molecule has 0 saturated carbocycles. The Hall–Kier alpha value is -2.34. The maximum atomic E-state index is 12.2. The van der Waals surface area contributed by atoms with Crippen molar-refractivity contribution in [2.45, 2.75) is 6.54 Å². The first kappa shape index (κ1) is 14.6. The van der Waals surface area contributed by atoms with Crippen LogP contribution < -0.4 is 10.1 Å². The van der Waals surface area contributed by atoms with E-state index >= 15 is 0 Å². The van der Waals surface area contributed by atoms with Gasteiger partial charge < -0.3 is 15.0 Å². The van der Waals surface area contributed by atoms with Gasteiger partial charge in [0.25, 0.3) is 5.91 Å². The molecular formula is C16H14BrN3O2. The second-order valence-electron chi connectivity index (χ2n) is 4.78. The number of methoxy groups -OCH3 is 1. The van der Waals surface area contributed by atoms with Gasteiger partial charge in [0.2, 0.25) is 0 Å². The summed E-state index contributed by atoms with van der Waals surface area (Å²) in [5.41, 5.74) is 2.51. The van der Waals surface area contributed by atoms with Crippen LogP contribution in [0.15, 0.2) is 46.9 Å². The van der Waals surface area contributed by atoms with Crippen LogP contribution in [-0.4, -0.2) is 23.0 Å². The number of ether oxygens (including phenoxy) is 1. The number of nitrogens with one attached hydrogen (secondary N) is 2. The smallest absolute Gasteiger partial charge is 0.287 e. The fraction of sp³-hybridized carbons (Fsp3) is 0.125. The van der Waals surface area contributed by atoms with Crippen molar-refractivity contribution < 1.29 is 9.53 Å². The standard InChI is InChI=1S/C16H14BrN3O2/c1-22-12-5-6-13-14(8-12)20-15(19-13)16(21)18-9-10-3-2-4-11(17)7-10/h2-8H,9H2,1H3,(H,18,21)(H,19,20). The number of aromatic nitrogens is 2. The van der Waals surface area contributed by atoms with E-state index in [1.165, 1.54) is 0 Å². The predicted octanol–water partition coefficient (Wildman–Crippen LogP) is 3.26. The summed E-state index contributed by atoms with van der Waals surface area (Å²) >= 11 is 3.41. The normalized spacial score (nSPS) is 10.6. The van der Waals surface area contributed by atoms with Crippen molar-refractivity contribution in [1.82, 2.24) is 15.3 Å². The molecule has 3 aromatic rings. The molecular weight excluding hydrogens is 346 g/mol. The van der Waals surface area contributed by atoms with Gasteiger partial charge in [-0.2, -0.15) is 0 Å². The lowest BCUT2D eigenvalue weighted by Crippen LogP contribution is -2.23. The SMILES string of the molecule is COc1ccc2[nH]c(C(=O)NCc3cccc(Br)c3)nc2c1. The third-order valence-electron chi connectivity index (χ3n) is 3.25. The third kappa shape index (κ3) is 3.12. The first-order valence-corrected chi connectivity index (χ1v) is 7.51. The van der Waals surface area contributed by atoms with Crippen molar-refractivity contribution in [3.05, 3.63) is 58.3 Å². The minimum absolute atomic E-state index is 0.241. The highest BCUT2D eigenvalue weighted by Gasteiger charge is 2.11. The molecule has 2 aromatic carbocycles. The van der Waals surface area contributed by atoms with Crippen LogP contribution in [0.4, 0.5) is 0 Å². The minimum atomic E-state index is -0.241. The van der Waals surface area contributed by atoms with E-state index in [1.54, 1.807) is 13.2 Å². The molecule has 0 fully saturated rings. The Labute approximate surface area is 135 Å². The monoisotopic (exact) mass is 359 g/mol. The van der Waals surface area contributed by atoms with Gasteiger partial charge in [0, 0.05) is 17.1 Å². The summed E-state index contributed by atoms with van der Waals surface area (Å²) in [5, 5.41) is 2.85. The summed E-state index contributed by atoms with van der Waals surface area (Å²) in [7, 11) is 1.60. The van der Waals surface area contributed by atoms with Gasteiger partial charge in [-0.05, 0) is 29.8 Å². The Balaban J connectivity index is 1.74. The molecule has 0 saturated heterocycles. The van der Waals surface area contributed by atoms with Gasteiger partial charge >= 0.3 is 0 Å². The van der Waals surface area contributed by atoms with E-state index < -0.39 is 0 Å². The van der Waals surface area contributed by atoms with E-state index in [0.717, 1.165) is 15.6 Å². The second kappa shape index (κ2) is 6.19. The van der Waals surface area contributed by atoms with E-state index in [9.17, 15) is 4.79 Å². The largest absolute Gasteiger partial charge is 0.497 e. The number of halogens is 1. The first-order chi connectivity index (χ1) is 10.7. The molecule has 5 nitrogen and oxygen atoms in total. The lowest BCUT2D eigenvalue weighted by atomic mass is 10.2. The average Bonchev–Trinajstić information content (AvgIpc) is 2.95. The number of hydrogen-bond acceptors (Lipinski definition) is 3. The molecule has 0 spiro atoms. The third-order valence-corrected chi connectivity index (χ3v) is 3.74. The Kier molecular flexibility index (Phi) is 4.11. The minimum Gasteiger partial charge on any atom is -0.497 e. The number of benzene rings is 2. The van der Waals surface area contributed by atoms with Crippen molar-refractivity contribution in [3.8, 4) is 5.75 Å². The van der Waals surface area contributed by atoms with Crippen molar-refractivity contribution in [3.63, 3.8) is 0 Å². The highest BCUT2D eigenvalue weighted by atomic mass is 79.9. The van der Waals surface area contributed by atoms with Crippen LogP contribution in [0.1, 0.15) is 16.2 Å². The van der Waals surface area contributed by atoms with Crippen molar-refractivity contribution in [2.24, 2.45) is 0 Å². The molecule has 6 heteroatoms. The summed E-state index contributed by atoms with van der Waals surface area (Å²) < 4.78 is 6.13. The molecule has 2 N–H and O–H groups in total. The molecule has 0 bridgehead atoms. The fourth-order valence-electron chi connectivity index (χ4n) is 2.13. The molecule has 0 unspecified atom stereocenters. The van der Waals surface area contributed by atoms with Crippen molar-refractivity contribution >= 4 is 32.9 Å². The van der Waals surface area contributed by atoms with E-state index in [2.05, 4.69) is 31.2 Å². The molecule has 0 atom stereocenters. The summed E-state index contributed by atoms with van der Waals surface area (Å²) in [6, 6.07) is 13.2. The molecule has 1 heterocycles. The Morgan fingerprint density at radius 2 is 2.18 bits per heavy atom. The maximum absolute atomic E-state index is 12.2. The highest BCUT2D eigenvalue weighted by Crippen LogP contribution is 2.18. The van der Waals surface area contributed by atoms with Crippen LogP contribution >= 0.6 is 15.9 Å². The second-order valence-corrected chi connectivity index (χ2v) is 5.70. The van der Waals surface area contributed by atoms with Crippen LogP contribution in [0.3, 0.4) is 0 Å². The van der Waals surface area contributed by atoms with Gasteiger partial charge in [-0.25, -0.2) is 4.98 Å². The summed E-state index contributed by atoms with van der Waals surface area (Å²) in [5.74, 6) is 0.758. The van der Waals surface area contributed by atoms with Gasteiger partial charge in [0.15, 0.2) is 5.82 Å². The van der Waals surface area contributed by atoms with Crippen LogP contribution in [0, 0.1) is 0 Å². The molecule has 3 rings (SSSR count). The van der Waals surface area contributed by atoms with Gasteiger partial charge in [-0.3, -0.25) is 4.79 Å². The lowest BCUT2D eigenvalue weighted by molar-refractivity contribution is 0.0942. The number of hydrogen-bond donors (Lipinski definition) is 2.